The second-order valence-corrected chi connectivity index (χ2v) is 24.6. The first-order chi connectivity index (χ1) is 16.9. The summed E-state index contributed by atoms with van der Waals surface area (Å²) in [7, 11) is -0.900. The third-order valence-corrected chi connectivity index (χ3v) is 10.8. The van der Waals surface area contributed by atoms with E-state index in [-0.39, 0.29) is 17.8 Å². The fourth-order valence-corrected chi connectivity index (χ4v) is 6.27. The van der Waals surface area contributed by atoms with Crippen LogP contribution in [0.1, 0.15) is 30.9 Å². The van der Waals surface area contributed by atoms with Crippen molar-refractivity contribution in [2.45, 2.75) is 76.6 Å². The average molecular weight is 647 g/mol. The number of carbonyl (C=O) groups excluding carboxylic acids is 1. The van der Waals surface area contributed by atoms with Crippen LogP contribution in [0, 0.1) is 9.49 Å². The summed E-state index contributed by atoms with van der Waals surface area (Å²) in [6.45, 7) is 16.5. The van der Waals surface area contributed by atoms with Gasteiger partial charge in [-0.2, -0.15) is 9.61 Å². The van der Waals surface area contributed by atoms with Gasteiger partial charge in [-0.25, -0.2) is 4.98 Å². The van der Waals surface area contributed by atoms with Gasteiger partial charge >= 0.3 is 5.97 Å². The molecule has 0 aromatic carbocycles. The minimum absolute atomic E-state index is 0.0589. The molecule has 8 nitrogen and oxygen atoms in total. The quantitative estimate of drug-likeness (QED) is 0.0893. The highest BCUT2D eigenvalue weighted by Gasteiger charge is 2.33. The molecule has 2 aromatic heterocycles. The highest BCUT2D eigenvalue weighted by molar-refractivity contribution is 14.1. The zero-order chi connectivity index (χ0) is 26.5. The summed E-state index contributed by atoms with van der Waals surface area (Å²) < 4.78 is 20.2. The van der Waals surface area contributed by atoms with E-state index in [1.165, 1.54) is 7.11 Å². The molecule has 0 bridgehead atoms. The highest BCUT2D eigenvalue weighted by atomic mass is 127. The third kappa shape index (κ3) is 8.50. The van der Waals surface area contributed by atoms with Crippen LogP contribution in [0.3, 0.4) is 0 Å². The van der Waals surface area contributed by atoms with Crippen molar-refractivity contribution in [2.75, 3.05) is 38.7 Å². The van der Waals surface area contributed by atoms with Gasteiger partial charge < -0.3 is 19.1 Å². The van der Waals surface area contributed by atoms with Crippen LogP contribution >= 0.6 is 22.6 Å². The number of carbonyl (C=O) groups is 1. The van der Waals surface area contributed by atoms with Crippen molar-refractivity contribution < 1.29 is 19.0 Å². The van der Waals surface area contributed by atoms with Crippen molar-refractivity contribution in [3.8, 4) is 0 Å². The predicted octanol–water partition coefficient (Wildman–Crippen LogP) is 5.82. The van der Waals surface area contributed by atoms with Gasteiger partial charge in [-0.15, -0.1) is 0 Å². The minimum atomic E-state index is -1.18. The number of anilines is 1. The van der Waals surface area contributed by atoms with Crippen molar-refractivity contribution in [3.63, 3.8) is 0 Å². The molecule has 2 atom stereocenters. The molecule has 0 spiro atoms. The van der Waals surface area contributed by atoms with Gasteiger partial charge in [0, 0.05) is 47.0 Å². The molecular formula is C25H43IN4O4Si2. The number of nitrogens with zero attached hydrogens (tertiary/aromatic N) is 4. The van der Waals surface area contributed by atoms with E-state index in [0.717, 1.165) is 65.3 Å². The van der Waals surface area contributed by atoms with Gasteiger partial charge in [-0.1, -0.05) is 39.3 Å². The fraction of sp³-hybridized carbons (Fsp3) is 0.720. The Balaban J connectivity index is 1.85. The summed E-state index contributed by atoms with van der Waals surface area (Å²) in [6.07, 6.45) is 4.36. The second-order valence-electron chi connectivity index (χ2n) is 12.2. The third-order valence-electron chi connectivity index (χ3n) is 6.63. The standard InChI is InChI=1S/C25H43IN4O4Si2/c1-32-25(31)20-9-8-19(14-20)22-15-23(30-24(28-22)21(26)16-27-30)29(17-33-10-12-35(2,3)4)18-34-11-13-36(5,6)7/h15-16,19-20H,8-14,17-18H2,1-7H3. The summed E-state index contributed by atoms with van der Waals surface area (Å²) in [4.78, 5) is 19.2. The molecule has 0 aliphatic heterocycles. The van der Waals surface area contributed by atoms with E-state index >= 15 is 0 Å². The van der Waals surface area contributed by atoms with Gasteiger partial charge in [-0.3, -0.25) is 4.79 Å². The lowest BCUT2D eigenvalue weighted by molar-refractivity contribution is -0.145. The molecule has 2 aromatic rings. The largest absolute Gasteiger partial charge is 0.469 e. The van der Waals surface area contributed by atoms with Crippen LogP contribution in [0.25, 0.3) is 5.65 Å². The monoisotopic (exact) mass is 646 g/mol. The lowest BCUT2D eigenvalue weighted by atomic mass is 10.0. The number of rotatable bonds is 13. The predicted molar refractivity (Wildman–Crippen MR) is 158 cm³/mol. The summed E-state index contributed by atoms with van der Waals surface area (Å²) in [5, 5.41) is 4.63. The molecule has 0 saturated heterocycles. The maximum atomic E-state index is 12.1. The number of fused-ring (bicyclic) bond motifs is 1. The Bertz CT molecular complexity index is 1000. The molecule has 202 valence electrons. The molecule has 3 rings (SSSR count). The van der Waals surface area contributed by atoms with Gasteiger partial charge in [0.1, 0.15) is 19.3 Å². The van der Waals surface area contributed by atoms with Crippen molar-refractivity contribution in [1.29, 1.82) is 0 Å². The SMILES string of the molecule is COC(=O)C1CCC(c2cc(N(COCC[Si](C)(C)C)COCC[Si](C)(C)C)n3ncc(I)c3n2)C1. The van der Waals surface area contributed by atoms with Crippen molar-refractivity contribution >= 4 is 56.2 Å². The molecule has 0 N–H and O–H groups in total. The van der Waals surface area contributed by atoms with Gasteiger partial charge in [0.2, 0.25) is 0 Å². The second kappa shape index (κ2) is 12.7. The Morgan fingerprint density at radius 1 is 1.08 bits per heavy atom. The van der Waals surface area contributed by atoms with Crippen molar-refractivity contribution in [1.82, 2.24) is 14.6 Å². The van der Waals surface area contributed by atoms with Gasteiger partial charge in [-0.05, 0) is 53.9 Å². The molecule has 1 aliphatic rings. The summed E-state index contributed by atoms with van der Waals surface area (Å²) >= 11 is 2.29. The maximum absolute atomic E-state index is 12.1. The van der Waals surface area contributed by atoms with Crippen LogP contribution in [-0.2, 0) is 19.0 Å². The molecule has 0 radical (unpaired) electrons. The van der Waals surface area contributed by atoms with E-state index in [9.17, 15) is 4.79 Å². The first-order valence-electron chi connectivity index (χ1n) is 12.9. The summed E-state index contributed by atoms with van der Waals surface area (Å²) in [5.41, 5.74) is 1.83. The number of halogens is 1. The zero-order valence-corrected chi connectivity index (χ0v) is 27.1. The Morgan fingerprint density at radius 2 is 1.69 bits per heavy atom. The normalized spacial score (nSPS) is 18.7. The molecule has 2 heterocycles. The number of esters is 1. The molecule has 0 amide bonds. The van der Waals surface area contributed by atoms with Crippen LogP contribution in [0.2, 0.25) is 51.4 Å². The molecule has 36 heavy (non-hydrogen) atoms. The van der Waals surface area contributed by atoms with Crippen LogP contribution < -0.4 is 4.90 Å². The average Bonchev–Trinajstić information content (AvgIpc) is 3.43. The first kappa shape index (κ1) is 29.5. The number of hydrogen-bond donors (Lipinski definition) is 0. The minimum Gasteiger partial charge on any atom is -0.469 e. The van der Waals surface area contributed by atoms with Crippen LogP contribution in [0.15, 0.2) is 12.3 Å². The first-order valence-corrected chi connectivity index (χ1v) is 21.4. The summed E-state index contributed by atoms with van der Waals surface area (Å²) in [5.74, 6) is 0.953. The molecule has 1 saturated carbocycles. The molecule has 11 heteroatoms. The maximum Gasteiger partial charge on any atom is 0.308 e. The molecule has 1 aliphatic carbocycles. The van der Waals surface area contributed by atoms with Crippen molar-refractivity contribution in [3.05, 3.63) is 21.5 Å². The van der Waals surface area contributed by atoms with Crippen molar-refractivity contribution in [2.24, 2.45) is 5.92 Å². The topological polar surface area (TPSA) is 78.2 Å². The molecular weight excluding hydrogens is 603 g/mol. The van der Waals surface area contributed by atoms with Gasteiger partial charge in [0.25, 0.3) is 0 Å². The Kier molecular flexibility index (Phi) is 10.4. The molecule has 1 fully saturated rings. The Morgan fingerprint density at radius 3 is 2.25 bits per heavy atom. The molecule has 2 unspecified atom stereocenters. The van der Waals surface area contributed by atoms with Gasteiger partial charge in [0.05, 0.1) is 22.8 Å². The van der Waals surface area contributed by atoms with E-state index in [0.29, 0.717) is 13.5 Å². The summed E-state index contributed by atoms with van der Waals surface area (Å²) in [6, 6.07) is 4.35. The lowest BCUT2D eigenvalue weighted by Gasteiger charge is -2.27. The zero-order valence-electron chi connectivity index (χ0n) is 23.0. The highest BCUT2D eigenvalue weighted by Crippen LogP contribution is 2.39. The van der Waals surface area contributed by atoms with Crippen LogP contribution in [-0.4, -0.2) is 70.5 Å². The lowest BCUT2D eigenvalue weighted by Crippen LogP contribution is -2.33. The fourth-order valence-electron chi connectivity index (χ4n) is 4.28. The number of methoxy groups -OCH3 is 1. The smallest absolute Gasteiger partial charge is 0.308 e. The Hall–Kier alpha value is -1.03. The van der Waals surface area contributed by atoms with Crippen LogP contribution in [0.4, 0.5) is 5.82 Å². The van der Waals surface area contributed by atoms with E-state index < -0.39 is 16.1 Å². The number of ether oxygens (including phenoxy) is 3. The van der Waals surface area contributed by atoms with E-state index in [4.69, 9.17) is 19.2 Å². The number of aromatic nitrogens is 3. The van der Waals surface area contributed by atoms with E-state index in [2.05, 4.69) is 77.9 Å². The van der Waals surface area contributed by atoms with Crippen LogP contribution in [0.5, 0.6) is 0 Å². The van der Waals surface area contributed by atoms with Gasteiger partial charge in [0.15, 0.2) is 5.65 Å². The number of hydrogen-bond acceptors (Lipinski definition) is 7. The Labute approximate surface area is 231 Å². The van der Waals surface area contributed by atoms with E-state index in [1.807, 2.05) is 10.7 Å². The van der Waals surface area contributed by atoms with E-state index in [1.54, 1.807) is 0 Å².